The lowest BCUT2D eigenvalue weighted by Crippen LogP contribution is -2.51. The van der Waals surface area contributed by atoms with Crippen molar-refractivity contribution in [2.24, 2.45) is 0 Å². The lowest BCUT2D eigenvalue weighted by Gasteiger charge is -2.34. The van der Waals surface area contributed by atoms with Gasteiger partial charge in [-0.3, -0.25) is 0 Å². The van der Waals surface area contributed by atoms with Crippen LogP contribution in [0.15, 0.2) is 0 Å². The first-order valence-corrected chi connectivity index (χ1v) is 6.49. The Morgan fingerprint density at radius 2 is 2.12 bits per heavy atom. The Balaban J connectivity index is 1.67. The summed E-state index contributed by atoms with van der Waals surface area (Å²) in [7, 11) is 2.15. The number of likely N-dealkylation sites (N-methyl/N-ethyl adjacent to an activating group) is 1. The van der Waals surface area contributed by atoms with Gasteiger partial charge in [0.05, 0.1) is 6.10 Å². The van der Waals surface area contributed by atoms with Gasteiger partial charge >= 0.3 is 0 Å². The van der Waals surface area contributed by atoms with Crippen molar-refractivity contribution < 1.29 is 4.74 Å². The summed E-state index contributed by atoms with van der Waals surface area (Å²) in [6, 6.07) is 0. The molecular formula is C11H21N3OS. The molecule has 0 aromatic carbocycles. The molecule has 92 valence electrons. The molecule has 0 aromatic heterocycles. The highest BCUT2D eigenvalue weighted by atomic mass is 32.1. The summed E-state index contributed by atoms with van der Waals surface area (Å²) in [5.41, 5.74) is 0. The van der Waals surface area contributed by atoms with Gasteiger partial charge in [0.25, 0.3) is 0 Å². The van der Waals surface area contributed by atoms with Gasteiger partial charge in [0.15, 0.2) is 5.11 Å². The summed E-state index contributed by atoms with van der Waals surface area (Å²) in [4.78, 5) is 4.59. The van der Waals surface area contributed by atoms with E-state index in [4.69, 9.17) is 17.0 Å². The van der Waals surface area contributed by atoms with Crippen molar-refractivity contribution in [2.75, 3.05) is 46.4 Å². The number of piperazine rings is 1. The fourth-order valence-corrected chi connectivity index (χ4v) is 2.39. The van der Waals surface area contributed by atoms with Crippen LogP contribution in [0, 0.1) is 0 Å². The molecule has 5 heteroatoms. The summed E-state index contributed by atoms with van der Waals surface area (Å²) in [6.45, 7) is 6.05. The quantitative estimate of drug-likeness (QED) is 0.704. The van der Waals surface area contributed by atoms with Gasteiger partial charge < -0.3 is 19.9 Å². The second kappa shape index (κ2) is 5.80. The molecule has 2 fully saturated rings. The van der Waals surface area contributed by atoms with Crippen LogP contribution in [0.3, 0.4) is 0 Å². The van der Waals surface area contributed by atoms with Crippen LogP contribution in [-0.4, -0.2) is 67.4 Å². The van der Waals surface area contributed by atoms with Crippen LogP contribution in [0.4, 0.5) is 0 Å². The summed E-state index contributed by atoms with van der Waals surface area (Å²) in [5, 5.41) is 4.22. The molecule has 2 aliphatic rings. The second-order valence-electron chi connectivity index (χ2n) is 4.61. The zero-order valence-corrected chi connectivity index (χ0v) is 10.8. The van der Waals surface area contributed by atoms with Crippen molar-refractivity contribution in [1.82, 2.24) is 15.1 Å². The Bertz CT molecular complexity index is 235. The maximum absolute atomic E-state index is 5.56. The highest BCUT2D eigenvalue weighted by Gasteiger charge is 2.19. The number of thiocarbonyl (C=S) groups is 1. The first-order valence-electron chi connectivity index (χ1n) is 6.08. The van der Waals surface area contributed by atoms with Crippen LogP contribution < -0.4 is 5.32 Å². The van der Waals surface area contributed by atoms with E-state index in [9.17, 15) is 0 Å². The zero-order valence-electron chi connectivity index (χ0n) is 9.95. The van der Waals surface area contributed by atoms with Crippen LogP contribution in [0.2, 0.25) is 0 Å². The van der Waals surface area contributed by atoms with E-state index in [-0.39, 0.29) is 0 Å². The minimum atomic E-state index is 0.366. The Morgan fingerprint density at radius 1 is 1.38 bits per heavy atom. The van der Waals surface area contributed by atoms with Gasteiger partial charge in [-0.2, -0.15) is 0 Å². The molecule has 0 unspecified atom stereocenters. The third-order valence-corrected chi connectivity index (χ3v) is 3.70. The van der Waals surface area contributed by atoms with Crippen molar-refractivity contribution >= 4 is 17.3 Å². The lowest BCUT2D eigenvalue weighted by atomic mass is 10.2. The van der Waals surface area contributed by atoms with E-state index in [0.29, 0.717) is 6.10 Å². The molecule has 0 saturated carbocycles. The molecule has 0 aliphatic carbocycles. The second-order valence-corrected chi connectivity index (χ2v) is 5.00. The average molecular weight is 243 g/mol. The zero-order chi connectivity index (χ0) is 11.4. The van der Waals surface area contributed by atoms with Crippen molar-refractivity contribution in [2.45, 2.75) is 18.9 Å². The molecule has 4 nitrogen and oxygen atoms in total. The summed E-state index contributed by atoms with van der Waals surface area (Å²) in [5.74, 6) is 0. The third-order valence-electron chi connectivity index (χ3n) is 3.30. The first-order chi connectivity index (χ1) is 7.75. The standard InChI is InChI=1S/C11H21N3OS/c1-13-4-6-14(7-5-13)11(16)12-9-10-3-2-8-15-10/h10H,2-9H2,1H3,(H,12,16)/t10-/m0/s1. The van der Waals surface area contributed by atoms with Crippen molar-refractivity contribution in [3.8, 4) is 0 Å². The maximum Gasteiger partial charge on any atom is 0.169 e. The normalized spacial score (nSPS) is 27.1. The summed E-state index contributed by atoms with van der Waals surface area (Å²) in [6.07, 6.45) is 2.72. The number of hydrogen-bond acceptors (Lipinski definition) is 3. The molecule has 1 N–H and O–H groups in total. The van der Waals surface area contributed by atoms with Crippen molar-refractivity contribution in [3.05, 3.63) is 0 Å². The molecular weight excluding hydrogens is 222 g/mol. The molecule has 2 rings (SSSR count). The van der Waals surface area contributed by atoms with Crippen LogP contribution in [0.1, 0.15) is 12.8 Å². The summed E-state index contributed by atoms with van der Waals surface area (Å²) < 4.78 is 5.56. The Hall–Kier alpha value is -0.390. The van der Waals surface area contributed by atoms with Crippen molar-refractivity contribution in [1.29, 1.82) is 0 Å². The average Bonchev–Trinajstić information content (AvgIpc) is 2.80. The van der Waals surface area contributed by atoms with E-state index in [1.807, 2.05) is 0 Å². The fraction of sp³-hybridized carbons (Fsp3) is 0.909. The van der Waals surface area contributed by atoms with Crippen LogP contribution in [0.25, 0.3) is 0 Å². The molecule has 0 bridgehead atoms. The third kappa shape index (κ3) is 3.30. The smallest absolute Gasteiger partial charge is 0.169 e. The molecule has 16 heavy (non-hydrogen) atoms. The minimum Gasteiger partial charge on any atom is -0.376 e. The van der Waals surface area contributed by atoms with Gasteiger partial charge in [0.2, 0.25) is 0 Å². The molecule has 0 amide bonds. The summed E-state index contributed by atoms with van der Waals surface area (Å²) >= 11 is 5.39. The van der Waals surface area contributed by atoms with Gasteiger partial charge in [-0.15, -0.1) is 0 Å². The number of nitrogens with zero attached hydrogens (tertiary/aromatic N) is 2. The van der Waals surface area contributed by atoms with Crippen LogP contribution in [0.5, 0.6) is 0 Å². The van der Waals surface area contributed by atoms with E-state index in [1.165, 1.54) is 12.8 Å². The highest BCUT2D eigenvalue weighted by molar-refractivity contribution is 7.80. The number of hydrogen-bond donors (Lipinski definition) is 1. The topological polar surface area (TPSA) is 27.7 Å². The van der Waals surface area contributed by atoms with E-state index in [0.717, 1.165) is 44.4 Å². The molecule has 2 aliphatic heterocycles. The van der Waals surface area contributed by atoms with Crippen molar-refractivity contribution in [3.63, 3.8) is 0 Å². The monoisotopic (exact) mass is 243 g/mol. The SMILES string of the molecule is CN1CCN(C(=S)NC[C@@H]2CCCO2)CC1. The number of rotatable bonds is 2. The number of ether oxygens (including phenoxy) is 1. The molecule has 0 aromatic rings. The molecule has 2 heterocycles. The Labute approximate surface area is 103 Å². The minimum absolute atomic E-state index is 0.366. The van der Waals surface area contributed by atoms with E-state index >= 15 is 0 Å². The number of nitrogens with one attached hydrogen (secondary N) is 1. The van der Waals surface area contributed by atoms with E-state index in [2.05, 4.69) is 22.2 Å². The molecule has 0 radical (unpaired) electrons. The predicted octanol–water partition coefficient (Wildman–Crippen LogP) is 0.287. The lowest BCUT2D eigenvalue weighted by molar-refractivity contribution is 0.113. The van der Waals surface area contributed by atoms with E-state index < -0.39 is 0 Å². The van der Waals surface area contributed by atoms with Gasteiger partial charge in [-0.05, 0) is 32.1 Å². The largest absolute Gasteiger partial charge is 0.376 e. The first kappa shape index (κ1) is 12.1. The van der Waals surface area contributed by atoms with Gasteiger partial charge in [-0.25, -0.2) is 0 Å². The van der Waals surface area contributed by atoms with Gasteiger partial charge in [0, 0.05) is 39.3 Å². The van der Waals surface area contributed by atoms with Gasteiger partial charge in [-0.1, -0.05) is 0 Å². The molecule has 1 atom stereocenters. The molecule has 0 spiro atoms. The fourth-order valence-electron chi connectivity index (χ4n) is 2.13. The van der Waals surface area contributed by atoms with Crippen LogP contribution in [-0.2, 0) is 4.74 Å². The predicted molar refractivity (Wildman–Crippen MR) is 68.6 cm³/mol. The van der Waals surface area contributed by atoms with Gasteiger partial charge in [0.1, 0.15) is 0 Å². The maximum atomic E-state index is 5.56. The van der Waals surface area contributed by atoms with E-state index in [1.54, 1.807) is 0 Å². The highest BCUT2D eigenvalue weighted by Crippen LogP contribution is 2.10. The van der Waals surface area contributed by atoms with Crippen LogP contribution >= 0.6 is 12.2 Å². The Kier molecular flexibility index (Phi) is 4.37. The molecule has 2 saturated heterocycles. The Morgan fingerprint density at radius 3 is 2.75 bits per heavy atom.